The van der Waals surface area contributed by atoms with Gasteiger partial charge < -0.3 is 15.3 Å². The van der Waals surface area contributed by atoms with Gasteiger partial charge in [0.2, 0.25) is 0 Å². The number of aliphatic hydroxyl groups excluding tert-OH is 2. The van der Waals surface area contributed by atoms with Crippen molar-refractivity contribution in [3.63, 3.8) is 0 Å². The molecule has 4 fully saturated rings. The number of hydrogen-bond donors (Lipinski definition) is 3. The van der Waals surface area contributed by atoms with Crippen molar-refractivity contribution in [2.45, 2.75) is 89.4 Å². The topological polar surface area (TPSA) is 60.7 Å². The Morgan fingerprint density at radius 1 is 0.909 bits per heavy atom. The second-order valence-electron chi connectivity index (χ2n) is 9.45. The van der Waals surface area contributed by atoms with Crippen molar-refractivity contribution in [1.82, 2.24) is 0 Å². The molecule has 4 saturated carbocycles. The Labute approximate surface area is 134 Å². The average Bonchev–Trinajstić information content (AvgIpc) is 2.84. The van der Waals surface area contributed by atoms with Crippen LogP contribution < -0.4 is 0 Å². The van der Waals surface area contributed by atoms with Gasteiger partial charge in [-0.05, 0) is 68.1 Å². The van der Waals surface area contributed by atoms with Gasteiger partial charge in [0.25, 0.3) is 0 Å². The predicted molar refractivity (Wildman–Crippen MR) is 85.2 cm³/mol. The van der Waals surface area contributed by atoms with E-state index in [1.807, 2.05) is 0 Å². The molecule has 0 radical (unpaired) electrons. The summed E-state index contributed by atoms with van der Waals surface area (Å²) in [6.45, 7) is 4.66. The van der Waals surface area contributed by atoms with Crippen molar-refractivity contribution in [2.75, 3.05) is 0 Å². The van der Waals surface area contributed by atoms with E-state index in [9.17, 15) is 15.3 Å². The SMILES string of the molecule is C[C@@]12CCCC1C1C[C@@H](O)[C@]3(O)C[C@@H](O)CC[C@]3(C)C1CC2. The van der Waals surface area contributed by atoms with Crippen LogP contribution in [0.15, 0.2) is 0 Å². The molecule has 4 rings (SSSR count). The lowest BCUT2D eigenvalue weighted by Gasteiger charge is -2.65. The van der Waals surface area contributed by atoms with E-state index in [2.05, 4.69) is 13.8 Å². The molecule has 3 heteroatoms. The minimum atomic E-state index is -1.09. The molecule has 0 spiro atoms. The summed E-state index contributed by atoms with van der Waals surface area (Å²) in [6.07, 6.45) is 8.06. The molecule has 0 aromatic heterocycles. The lowest BCUT2D eigenvalue weighted by molar-refractivity contribution is -0.263. The van der Waals surface area contributed by atoms with Crippen molar-refractivity contribution in [3.8, 4) is 0 Å². The van der Waals surface area contributed by atoms with E-state index in [-0.39, 0.29) is 5.41 Å². The van der Waals surface area contributed by atoms with Crippen LogP contribution in [0.25, 0.3) is 0 Å². The zero-order valence-corrected chi connectivity index (χ0v) is 14.1. The molecule has 0 heterocycles. The number of aliphatic hydroxyl groups is 3. The average molecular weight is 308 g/mol. The lowest BCUT2D eigenvalue weighted by Crippen LogP contribution is -2.68. The standard InChI is InChI=1S/C19H32O3/c1-17-7-3-4-14(17)13-10-16(21)19(22)11-12(20)5-9-18(19,2)15(13)6-8-17/h12-16,20-22H,3-11H2,1-2H3/t12-,13?,14?,15?,16+,17-,18+,19+/m0/s1. The van der Waals surface area contributed by atoms with E-state index >= 15 is 0 Å². The highest BCUT2D eigenvalue weighted by Gasteiger charge is 2.66. The van der Waals surface area contributed by atoms with Crippen LogP contribution in [-0.4, -0.2) is 33.1 Å². The summed E-state index contributed by atoms with van der Waals surface area (Å²) >= 11 is 0. The number of rotatable bonds is 0. The first-order valence-corrected chi connectivity index (χ1v) is 9.39. The maximum absolute atomic E-state index is 11.3. The predicted octanol–water partition coefficient (Wildman–Crippen LogP) is 2.87. The first kappa shape index (κ1) is 15.4. The second kappa shape index (κ2) is 4.70. The Balaban J connectivity index is 1.71. The molecule has 3 nitrogen and oxygen atoms in total. The molecule has 3 unspecified atom stereocenters. The molecule has 0 bridgehead atoms. The van der Waals surface area contributed by atoms with Crippen LogP contribution in [0, 0.1) is 28.6 Å². The van der Waals surface area contributed by atoms with E-state index < -0.39 is 17.8 Å². The molecule has 126 valence electrons. The second-order valence-corrected chi connectivity index (χ2v) is 9.45. The van der Waals surface area contributed by atoms with Gasteiger partial charge in [0.1, 0.15) is 0 Å². The zero-order chi connectivity index (χ0) is 15.8. The summed E-state index contributed by atoms with van der Waals surface area (Å²) < 4.78 is 0. The molecular formula is C19H32O3. The van der Waals surface area contributed by atoms with Gasteiger partial charge in [-0.25, -0.2) is 0 Å². The first-order valence-electron chi connectivity index (χ1n) is 9.39. The Hall–Kier alpha value is -0.120. The number of fused-ring (bicyclic) bond motifs is 5. The summed E-state index contributed by atoms with van der Waals surface area (Å²) in [7, 11) is 0. The minimum absolute atomic E-state index is 0.224. The van der Waals surface area contributed by atoms with Gasteiger partial charge >= 0.3 is 0 Å². The summed E-state index contributed by atoms with van der Waals surface area (Å²) in [4.78, 5) is 0. The quantitative estimate of drug-likeness (QED) is 0.645. The van der Waals surface area contributed by atoms with Gasteiger partial charge in [0.15, 0.2) is 0 Å². The Bertz CT molecular complexity index is 466. The molecule has 0 aromatic carbocycles. The Kier molecular flexibility index (Phi) is 3.30. The van der Waals surface area contributed by atoms with Crippen LogP contribution in [0.2, 0.25) is 0 Å². The smallest absolute Gasteiger partial charge is 0.0985 e. The molecule has 22 heavy (non-hydrogen) atoms. The molecule has 4 aliphatic rings. The van der Waals surface area contributed by atoms with E-state index in [0.717, 1.165) is 25.2 Å². The molecule has 4 aliphatic carbocycles. The molecule has 3 N–H and O–H groups in total. The van der Waals surface area contributed by atoms with Gasteiger partial charge in [-0.15, -0.1) is 0 Å². The molecule has 0 aliphatic heterocycles. The highest BCUT2D eigenvalue weighted by atomic mass is 16.3. The van der Waals surface area contributed by atoms with Crippen molar-refractivity contribution in [2.24, 2.45) is 28.6 Å². The van der Waals surface area contributed by atoms with E-state index in [4.69, 9.17) is 0 Å². The first-order chi connectivity index (χ1) is 10.3. The fraction of sp³-hybridized carbons (Fsp3) is 1.00. The zero-order valence-electron chi connectivity index (χ0n) is 14.1. The summed E-state index contributed by atoms with van der Waals surface area (Å²) in [6, 6.07) is 0. The number of hydrogen-bond acceptors (Lipinski definition) is 3. The fourth-order valence-corrected chi connectivity index (χ4v) is 7.25. The maximum atomic E-state index is 11.3. The van der Waals surface area contributed by atoms with Crippen LogP contribution in [0.1, 0.15) is 71.6 Å². The maximum Gasteiger partial charge on any atom is 0.0985 e. The van der Waals surface area contributed by atoms with Gasteiger partial charge in [-0.1, -0.05) is 20.3 Å². The third kappa shape index (κ3) is 1.79. The normalized spacial score (nSPS) is 61.2. The fourth-order valence-electron chi connectivity index (χ4n) is 7.25. The minimum Gasteiger partial charge on any atom is -0.393 e. The van der Waals surface area contributed by atoms with E-state index in [1.165, 1.54) is 32.1 Å². The molecule has 0 amide bonds. The van der Waals surface area contributed by atoms with Crippen LogP contribution in [0.5, 0.6) is 0 Å². The monoisotopic (exact) mass is 308 g/mol. The van der Waals surface area contributed by atoms with E-state index in [1.54, 1.807) is 0 Å². The lowest BCUT2D eigenvalue weighted by atomic mass is 9.43. The highest BCUT2D eigenvalue weighted by Crippen LogP contribution is 2.67. The van der Waals surface area contributed by atoms with Crippen molar-refractivity contribution >= 4 is 0 Å². The molecular weight excluding hydrogens is 276 g/mol. The van der Waals surface area contributed by atoms with Gasteiger partial charge in [0.05, 0.1) is 17.8 Å². The summed E-state index contributed by atoms with van der Waals surface area (Å²) in [5.41, 5.74) is -0.836. The van der Waals surface area contributed by atoms with Gasteiger partial charge in [-0.3, -0.25) is 0 Å². The van der Waals surface area contributed by atoms with Crippen LogP contribution in [0.4, 0.5) is 0 Å². The van der Waals surface area contributed by atoms with Gasteiger partial charge in [-0.2, -0.15) is 0 Å². The summed E-state index contributed by atoms with van der Waals surface area (Å²) in [5, 5.41) is 32.2. The van der Waals surface area contributed by atoms with Crippen molar-refractivity contribution in [3.05, 3.63) is 0 Å². The highest BCUT2D eigenvalue weighted by molar-refractivity contribution is 5.16. The third-order valence-corrected chi connectivity index (χ3v) is 8.62. The summed E-state index contributed by atoms with van der Waals surface area (Å²) in [5.74, 6) is 1.82. The molecule has 0 aromatic rings. The Morgan fingerprint density at radius 2 is 1.68 bits per heavy atom. The van der Waals surface area contributed by atoms with Crippen LogP contribution in [-0.2, 0) is 0 Å². The molecule has 8 atom stereocenters. The third-order valence-electron chi connectivity index (χ3n) is 8.62. The van der Waals surface area contributed by atoms with Crippen molar-refractivity contribution < 1.29 is 15.3 Å². The van der Waals surface area contributed by atoms with Crippen LogP contribution in [0.3, 0.4) is 0 Å². The van der Waals surface area contributed by atoms with Crippen molar-refractivity contribution in [1.29, 1.82) is 0 Å². The van der Waals surface area contributed by atoms with E-state index in [0.29, 0.717) is 23.7 Å². The Morgan fingerprint density at radius 3 is 2.45 bits per heavy atom. The molecule has 0 saturated heterocycles. The van der Waals surface area contributed by atoms with Gasteiger partial charge in [0, 0.05) is 11.8 Å². The van der Waals surface area contributed by atoms with Crippen LogP contribution >= 0.6 is 0 Å². The largest absolute Gasteiger partial charge is 0.393 e.